The first kappa shape index (κ1) is 31.2. The highest BCUT2D eigenvalue weighted by atomic mass is 16.5. The quantitative estimate of drug-likeness (QED) is 0.145. The van der Waals surface area contributed by atoms with Gasteiger partial charge in [-0.1, -0.05) is 19.3 Å². The molecule has 3 aliphatic carbocycles. The SMILES string of the molecule is CCCCOC(=O)C#Cc1cc(N(C)C)c2c(c1O)C(=O)C1C(=O)[C@@]3(O)C(=O)C(C(N)=O)C(O)[C@H](N(C)C)[C@H]3C[C@H]1C2. The van der Waals surface area contributed by atoms with E-state index >= 15 is 0 Å². The van der Waals surface area contributed by atoms with Gasteiger partial charge in [0.1, 0.15) is 11.7 Å². The predicted octanol–water partition coefficient (Wildman–Crippen LogP) is -0.580. The number of hydrogen-bond acceptors (Lipinski definition) is 11. The highest BCUT2D eigenvalue weighted by molar-refractivity contribution is 6.25. The molecule has 1 aromatic carbocycles. The number of likely N-dealkylation sites (N-methyl/N-ethyl adjacent to an activating group) is 1. The number of nitrogens with zero attached hydrogens (tertiary/aromatic N) is 2. The fourth-order valence-electron chi connectivity index (χ4n) is 6.83. The number of fused-ring (bicyclic) bond motifs is 3. The Morgan fingerprint density at radius 3 is 2.40 bits per heavy atom. The first-order chi connectivity index (χ1) is 19.7. The van der Waals surface area contributed by atoms with Gasteiger partial charge in [0, 0.05) is 37.7 Å². The smallest absolute Gasteiger partial charge is 0.384 e. The van der Waals surface area contributed by atoms with Gasteiger partial charge < -0.3 is 35.6 Å². The highest BCUT2D eigenvalue weighted by Crippen LogP contribution is 2.52. The number of benzene rings is 1. The molecule has 2 saturated carbocycles. The van der Waals surface area contributed by atoms with E-state index in [9.17, 15) is 39.3 Å². The summed E-state index contributed by atoms with van der Waals surface area (Å²) in [5.41, 5.74) is 3.44. The number of esters is 1. The average molecular weight is 584 g/mol. The number of rotatable bonds is 6. The number of aliphatic hydroxyl groups excluding tert-OH is 1. The molecule has 4 rings (SSSR count). The van der Waals surface area contributed by atoms with E-state index in [2.05, 4.69) is 11.8 Å². The molecular weight excluding hydrogens is 546 g/mol. The third-order valence-corrected chi connectivity index (χ3v) is 8.78. The maximum absolute atomic E-state index is 14.0. The topological polar surface area (TPSA) is 188 Å². The molecule has 0 bridgehead atoms. The molecule has 3 unspecified atom stereocenters. The summed E-state index contributed by atoms with van der Waals surface area (Å²) in [5, 5.41) is 33.9. The van der Waals surface area contributed by atoms with Crippen LogP contribution in [0.25, 0.3) is 0 Å². The number of Topliss-reactive ketones (excluding diaryl/α,β-unsaturated/α-hetero) is 3. The number of phenolic OH excluding ortho intramolecular Hbond substituents is 1. The third kappa shape index (κ3) is 4.85. The fourth-order valence-corrected chi connectivity index (χ4v) is 6.83. The molecule has 0 aromatic heterocycles. The molecule has 7 atom stereocenters. The molecule has 42 heavy (non-hydrogen) atoms. The number of anilines is 1. The molecule has 12 nitrogen and oxygen atoms in total. The van der Waals surface area contributed by atoms with Gasteiger partial charge in [-0.05, 0) is 50.9 Å². The number of ether oxygens (including phenoxy) is 1. The standard InChI is InChI=1S/C30H37N3O9/c1-6-7-10-42-19(34)9-8-14-13-18(32(2)3)16-11-15-12-17-23(33(4)5)26(37)22(29(31)40)28(39)30(17,41)27(38)20(15)25(36)21(16)24(14)35/h13,15,17,20,22-23,26,35,37,41H,6-7,10-12H2,1-5H3,(H2,31,40)/t15-,17-,20?,22?,23-,26?,30-/m1/s1. The van der Waals surface area contributed by atoms with Crippen molar-refractivity contribution in [2.75, 3.05) is 39.7 Å². The Kier molecular flexibility index (Phi) is 8.51. The molecule has 1 aromatic rings. The van der Waals surface area contributed by atoms with E-state index < -0.39 is 76.4 Å². The molecule has 0 saturated heterocycles. The van der Waals surface area contributed by atoms with Crippen molar-refractivity contribution in [1.82, 2.24) is 4.90 Å². The van der Waals surface area contributed by atoms with E-state index in [1.165, 1.54) is 4.90 Å². The Morgan fingerprint density at radius 2 is 1.83 bits per heavy atom. The number of primary amides is 1. The third-order valence-electron chi connectivity index (χ3n) is 8.78. The molecular formula is C30H37N3O9. The second-order valence-electron chi connectivity index (χ2n) is 11.7. The number of carbonyl (C=O) groups excluding carboxylic acids is 5. The van der Waals surface area contributed by atoms with Crippen LogP contribution >= 0.6 is 0 Å². The van der Waals surface area contributed by atoms with Gasteiger partial charge in [0.2, 0.25) is 5.91 Å². The van der Waals surface area contributed by atoms with Gasteiger partial charge in [-0.25, -0.2) is 4.79 Å². The van der Waals surface area contributed by atoms with Crippen LogP contribution in [0.5, 0.6) is 5.75 Å². The number of aromatic hydroxyl groups is 1. The van der Waals surface area contributed by atoms with Gasteiger partial charge in [0.05, 0.1) is 29.8 Å². The first-order valence-electron chi connectivity index (χ1n) is 13.9. The zero-order chi connectivity index (χ0) is 31.3. The molecule has 1 amide bonds. The number of ketones is 3. The van der Waals surface area contributed by atoms with Crippen molar-refractivity contribution in [3.8, 4) is 17.6 Å². The van der Waals surface area contributed by atoms with Crippen LogP contribution in [-0.2, 0) is 30.3 Å². The number of amides is 1. The Morgan fingerprint density at radius 1 is 1.17 bits per heavy atom. The Bertz CT molecular complexity index is 1410. The predicted molar refractivity (Wildman–Crippen MR) is 149 cm³/mol. The van der Waals surface area contributed by atoms with Gasteiger partial charge >= 0.3 is 5.97 Å². The van der Waals surface area contributed by atoms with E-state index in [4.69, 9.17) is 10.5 Å². The average Bonchev–Trinajstić information content (AvgIpc) is 2.89. The largest absolute Gasteiger partial charge is 0.506 e. The lowest BCUT2D eigenvalue weighted by Crippen LogP contribution is -2.75. The maximum atomic E-state index is 14.0. The summed E-state index contributed by atoms with van der Waals surface area (Å²) in [6, 6.07) is 0.561. The maximum Gasteiger partial charge on any atom is 0.384 e. The fraction of sp³-hybridized carbons (Fsp3) is 0.567. The van der Waals surface area contributed by atoms with Gasteiger partial charge in [-0.2, -0.15) is 0 Å². The Labute approximate surface area is 243 Å². The van der Waals surface area contributed by atoms with Crippen LogP contribution in [0, 0.1) is 35.5 Å². The van der Waals surface area contributed by atoms with Crippen LogP contribution in [0.3, 0.4) is 0 Å². The van der Waals surface area contributed by atoms with Crippen LogP contribution in [0.2, 0.25) is 0 Å². The van der Waals surface area contributed by atoms with Crippen LogP contribution in [0.1, 0.15) is 47.7 Å². The molecule has 0 heterocycles. The number of unbranched alkanes of at least 4 members (excludes halogenated alkanes) is 1. The second-order valence-corrected chi connectivity index (χ2v) is 11.7. The minimum Gasteiger partial charge on any atom is -0.506 e. The zero-order valence-electron chi connectivity index (χ0n) is 24.3. The molecule has 0 spiro atoms. The van der Waals surface area contributed by atoms with Crippen molar-refractivity contribution in [3.63, 3.8) is 0 Å². The lowest BCUT2D eigenvalue weighted by atomic mass is 9.52. The van der Waals surface area contributed by atoms with Crippen molar-refractivity contribution in [1.29, 1.82) is 0 Å². The van der Waals surface area contributed by atoms with Crippen LogP contribution in [-0.4, -0.2) is 102 Å². The zero-order valence-corrected chi connectivity index (χ0v) is 24.3. The molecule has 5 N–H and O–H groups in total. The monoisotopic (exact) mass is 583 g/mol. The molecule has 226 valence electrons. The summed E-state index contributed by atoms with van der Waals surface area (Å²) in [7, 11) is 6.63. The number of phenols is 1. The van der Waals surface area contributed by atoms with Gasteiger partial charge in [0.25, 0.3) is 0 Å². The van der Waals surface area contributed by atoms with Crippen LogP contribution < -0.4 is 10.6 Å². The van der Waals surface area contributed by atoms with Crippen molar-refractivity contribution in [2.45, 2.75) is 50.4 Å². The summed E-state index contributed by atoms with van der Waals surface area (Å²) in [5.74, 6) is -5.89. The number of carbonyl (C=O) groups is 5. The van der Waals surface area contributed by atoms with Gasteiger partial charge in [-0.15, -0.1) is 0 Å². The molecule has 2 fully saturated rings. The Hall–Kier alpha value is -3.79. The van der Waals surface area contributed by atoms with E-state index in [0.717, 1.165) is 6.42 Å². The van der Waals surface area contributed by atoms with E-state index in [1.54, 1.807) is 39.2 Å². The van der Waals surface area contributed by atoms with Crippen molar-refractivity contribution in [2.24, 2.45) is 29.4 Å². The lowest BCUT2D eigenvalue weighted by molar-refractivity contribution is -0.190. The lowest BCUT2D eigenvalue weighted by Gasteiger charge is -2.55. The van der Waals surface area contributed by atoms with Gasteiger partial charge in [-0.3, -0.25) is 19.2 Å². The van der Waals surface area contributed by atoms with Crippen molar-refractivity contribution >= 4 is 34.9 Å². The van der Waals surface area contributed by atoms with Gasteiger partial charge in [0.15, 0.2) is 23.0 Å². The first-order valence-corrected chi connectivity index (χ1v) is 13.9. The van der Waals surface area contributed by atoms with Crippen LogP contribution in [0.4, 0.5) is 5.69 Å². The van der Waals surface area contributed by atoms with E-state index in [1.807, 2.05) is 6.92 Å². The summed E-state index contributed by atoms with van der Waals surface area (Å²) in [6.07, 6.45) is 0.0673. The second kappa shape index (κ2) is 11.5. The normalized spacial score (nSPS) is 30.0. The molecule has 3 aliphatic rings. The van der Waals surface area contributed by atoms with E-state index in [0.29, 0.717) is 17.7 Å². The Balaban J connectivity index is 1.82. The highest BCUT2D eigenvalue weighted by Gasteiger charge is 2.69. The van der Waals surface area contributed by atoms with Crippen molar-refractivity contribution < 1.29 is 44.0 Å². The number of hydrogen-bond donors (Lipinski definition) is 4. The summed E-state index contributed by atoms with van der Waals surface area (Å²) >= 11 is 0. The summed E-state index contributed by atoms with van der Waals surface area (Å²) < 4.78 is 5.04. The summed E-state index contributed by atoms with van der Waals surface area (Å²) in [6.45, 7) is 2.13. The van der Waals surface area contributed by atoms with Crippen molar-refractivity contribution in [3.05, 3.63) is 22.8 Å². The number of aliphatic hydroxyl groups is 2. The minimum atomic E-state index is -2.75. The molecule has 0 radical (unpaired) electrons. The molecule has 12 heteroatoms. The number of nitrogens with two attached hydrogens (primary N) is 1. The van der Waals surface area contributed by atoms with Crippen LogP contribution in [0.15, 0.2) is 6.07 Å². The van der Waals surface area contributed by atoms with E-state index in [-0.39, 0.29) is 30.6 Å². The minimum absolute atomic E-state index is 0.00794. The summed E-state index contributed by atoms with van der Waals surface area (Å²) in [4.78, 5) is 69.0. The molecule has 0 aliphatic heterocycles.